The summed E-state index contributed by atoms with van der Waals surface area (Å²) >= 11 is 6.00. The summed E-state index contributed by atoms with van der Waals surface area (Å²) < 4.78 is 13.7. The SMILES string of the molecule is Cc1c(Cl)ccc(F)c1N1CCNCC1. The molecule has 15 heavy (non-hydrogen) atoms. The third kappa shape index (κ3) is 2.08. The Labute approximate surface area is 94.0 Å². The molecule has 1 heterocycles. The number of nitrogens with one attached hydrogen (secondary N) is 1. The number of hydrogen-bond acceptors (Lipinski definition) is 2. The van der Waals surface area contributed by atoms with Crippen molar-refractivity contribution in [1.82, 2.24) is 5.32 Å². The van der Waals surface area contributed by atoms with E-state index in [-0.39, 0.29) is 5.82 Å². The second-order valence-corrected chi connectivity index (χ2v) is 4.15. The van der Waals surface area contributed by atoms with E-state index in [4.69, 9.17) is 11.6 Å². The lowest BCUT2D eigenvalue weighted by Gasteiger charge is -2.31. The Kier molecular flexibility index (Phi) is 3.12. The molecule has 0 radical (unpaired) electrons. The average Bonchev–Trinajstić information content (AvgIpc) is 2.26. The molecule has 1 aliphatic rings. The first-order chi connectivity index (χ1) is 7.20. The molecule has 0 amide bonds. The summed E-state index contributed by atoms with van der Waals surface area (Å²) in [6, 6.07) is 3.05. The summed E-state index contributed by atoms with van der Waals surface area (Å²) in [5.74, 6) is -0.182. The van der Waals surface area contributed by atoms with Gasteiger partial charge in [-0.15, -0.1) is 0 Å². The van der Waals surface area contributed by atoms with E-state index >= 15 is 0 Å². The van der Waals surface area contributed by atoms with Gasteiger partial charge in [0.2, 0.25) is 0 Å². The van der Waals surface area contributed by atoms with Crippen LogP contribution in [0.15, 0.2) is 12.1 Å². The number of nitrogens with zero attached hydrogens (tertiary/aromatic N) is 1. The fourth-order valence-corrected chi connectivity index (χ4v) is 2.07. The summed E-state index contributed by atoms with van der Waals surface area (Å²) in [5, 5.41) is 3.87. The van der Waals surface area contributed by atoms with Gasteiger partial charge in [0.05, 0.1) is 5.69 Å². The Hall–Kier alpha value is -0.800. The molecule has 2 nitrogen and oxygen atoms in total. The molecular weight excluding hydrogens is 215 g/mol. The molecule has 1 aliphatic heterocycles. The van der Waals surface area contributed by atoms with Crippen molar-refractivity contribution >= 4 is 17.3 Å². The van der Waals surface area contributed by atoms with E-state index in [1.807, 2.05) is 11.8 Å². The monoisotopic (exact) mass is 228 g/mol. The minimum Gasteiger partial charge on any atom is -0.366 e. The predicted molar refractivity (Wildman–Crippen MR) is 61.2 cm³/mol. The van der Waals surface area contributed by atoms with Gasteiger partial charge >= 0.3 is 0 Å². The Morgan fingerprint density at radius 3 is 2.67 bits per heavy atom. The topological polar surface area (TPSA) is 15.3 Å². The molecule has 1 aromatic carbocycles. The lowest BCUT2D eigenvalue weighted by atomic mass is 10.1. The van der Waals surface area contributed by atoms with Gasteiger partial charge in [-0.2, -0.15) is 0 Å². The largest absolute Gasteiger partial charge is 0.366 e. The summed E-state index contributed by atoms with van der Waals surface area (Å²) in [6.07, 6.45) is 0. The third-order valence-corrected chi connectivity index (χ3v) is 3.16. The van der Waals surface area contributed by atoms with Crippen LogP contribution in [0.5, 0.6) is 0 Å². The molecule has 82 valence electrons. The highest BCUT2D eigenvalue weighted by molar-refractivity contribution is 6.31. The Morgan fingerprint density at radius 1 is 1.33 bits per heavy atom. The standard InChI is InChI=1S/C11H14ClFN2/c1-8-9(12)2-3-10(13)11(8)15-6-4-14-5-7-15/h2-3,14H,4-7H2,1H3. The van der Waals surface area contributed by atoms with Gasteiger partial charge in [-0.05, 0) is 24.6 Å². The van der Waals surface area contributed by atoms with Crippen molar-refractivity contribution in [3.8, 4) is 0 Å². The molecular formula is C11H14ClFN2. The minimum atomic E-state index is -0.182. The number of hydrogen-bond donors (Lipinski definition) is 1. The second-order valence-electron chi connectivity index (χ2n) is 3.74. The second kappa shape index (κ2) is 4.37. The van der Waals surface area contributed by atoms with Crippen LogP contribution >= 0.6 is 11.6 Å². The van der Waals surface area contributed by atoms with Crippen LogP contribution in [-0.2, 0) is 0 Å². The zero-order valence-electron chi connectivity index (χ0n) is 8.69. The smallest absolute Gasteiger partial charge is 0.146 e. The fraction of sp³-hybridized carbons (Fsp3) is 0.455. The Balaban J connectivity index is 2.36. The fourth-order valence-electron chi connectivity index (χ4n) is 1.92. The number of benzene rings is 1. The van der Waals surface area contributed by atoms with E-state index < -0.39 is 0 Å². The van der Waals surface area contributed by atoms with Crippen LogP contribution in [0.1, 0.15) is 5.56 Å². The Bertz CT molecular complexity index is 362. The van der Waals surface area contributed by atoms with Gasteiger partial charge < -0.3 is 10.2 Å². The number of rotatable bonds is 1. The molecule has 1 aromatic rings. The zero-order chi connectivity index (χ0) is 10.8. The molecule has 0 bridgehead atoms. The molecule has 0 unspecified atom stereocenters. The van der Waals surface area contributed by atoms with Crippen LogP contribution in [0, 0.1) is 12.7 Å². The zero-order valence-corrected chi connectivity index (χ0v) is 9.44. The maximum absolute atomic E-state index is 13.7. The first-order valence-corrected chi connectivity index (χ1v) is 5.48. The van der Waals surface area contributed by atoms with Crippen molar-refractivity contribution in [3.63, 3.8) is 0 Å². The van der Waals surface area contributed by atoms with Gasteiger partial charge in [-0.3, -0.25) is 0 Å². The lowest BCUT2D eigenvalue weighted by Crippen LogP contribution is -2.44. The molecule has 2 rings (SSSR count). The molecule has 0 spiro atoms. The van der Waals surface area contributed by atoms with Gasteiger partial charge in [-0.25, -0.2) is 4.39 Å². The first-order valence-electron chi connectivity index (χ1n) is 5.10. The quantitative estimate of drug-likeness (QED) is 0.793. The molecule has 1 saturated heterocycles. The van der Waals surface area contributed by atoms with Crippen LogP contribution in [-0.4, -0.2) is 26.2 Å². The minimum absolute atomic E-state index is 0.182. The number of anilines is 1. The maximum atomic E-state index is 13.7. The first kappa shape index (κ1) is 10.7. The lowest BCUT2D eigenvalue weighted by molar-refractivity contribution is 0.565. The van der Waals surface area contributed by atoms with Crippen molar-refractivity contribution in [2.75, 3.05) is 31.1 Å². The summed E-state index contributed by atoms with van der Waals surface area (Å²) in [7, 11) is 0. The summed E-state index contributed by atoms with van der Waals surface area (Å²) in [4.78, 5) is 2.05. The van der Waals surface area contributed by atoms with Crippen LogP contribution in [0.25, 0.3) is 0 Å². The van der Waals surface area contributed by atoms with Gasteiger partial charge in [0.15, 0.2) is 0 Å². The van der Waals surface area contributed by atoms with Crippen LogP contribution in [0.4, 0.5) is 10.1 Å². The normalized spacial score (nSPS) is 16.9. The van der Waals surface area contributed by atoms with Crippen LogP contribution < -0.4 is 10.2 Å². The maximum Gasteiger partial charge on any atom is 0.146 e. The molecule has 4 heteroatoms. The highest BCUT2D eigenvalue weighted by atomic mass is 35.5. The van der Waals surface area contributed by atoms with Crippen molar-refractivity contribution < 1.29 is 4.39 Å². The van der Waals surface area contributed by atoms with E-state index in [0.29, 0.717) is 10.7 Å². The van der Waals surface area contributed by atoms with E-state index in [1.54, 1.807) is 6.07 Å². The van der Waals surface area contributed by atoms with Crippen molar-refractivity contribution in [3.05, 3.63) is 28.5 Å². The van der Waals surface area contributed by atoms with Crippen molar-refractivity contribution in [1.29, 1.82) is 0 Å². The third-order valence-electron chi connectivity index (χ3n) is 2.75. The van der Waals surface area contributed by atoms with E-state index in [0.717, 1.165) is 31.7 Å². The van der Waals surface area contributed by atoms with E-state index in [9.17, 15) is 4.39 Å². The Morgan fingerprint density at radius 2 is 2.00 bits per heavy atom. The molecule has 1 fully saturated rings. The predicted octanol–water partition coefficient (Wildman–Crippen LogP) is 2.20. The van der Waals surface area contributed by atoms with Crippen molar-refractivity contribution in [2.24, 2.45) is 0 Å². The molecule has 1 N–H and O–H groups in total. The average molecular weight is 229 g/mol. The number of halogens is 2. The van der Waals surface area contributed by atoms with Crippen LogP contribution in [0.2, 0.25) is 5.02 Å². The molecule has 0 aromatic heterocycles. The molecule has 0 saturated carbocycles. The van der Waals surface area contributed by atoms with Crippen LogP contribution in [0.3, 0.4) is 0 Å². The molecule has 0 aliphatic carbocycles. The summed E-state index contributed by atoms with van der Waals surface area (Å²) in [6.45, 7) is 5.32. The van der Waals surface area contributed by atoms with E-state index in [2.05, 4.69) is 5.32 Å². The van der Waals surface area contributed by atoms with Gasteiger partial charge in [-0.1, -0.05) is 11.6 Å². The highest BCUT2D eigenvalue weighted by Gasteiger charge is 2.17. The van der Waals surface area contributed by atoms with E-state index in [1.165, 1.54) is 6.07 Å². The van der Waals surface area contributed by atoms with Gasteiger partial charge in [0.25, 0.3) is 0 Å². The molecule has 0 atom stereocenters. The van der Waals surface area contributed by atoms with Crippen molar-refractivity contribution in [2.45, 2.75) is 6.92 Å². The van der Waals surface area contributed by atoms with Gasteiger partial charge in [0.1, 0.15) is 5.82 Å². The summed E-state index contributed by atoms with van der Waals surface area (Å²) in [5.41, 5.74) is 1.49. The number of piperazine rings is 1. The van der Waals surface area contributed by atoms with Gasteiger partial charge in [0, 0.05) is 31.2 Å². The highest BCUT2D eigenvalue weighted by Crippen LogP contribution is 2.29.